The van der Waals surface area contributed by atoms with E-state index in [0.29, 0.717) is 16.8 Å². The zero-order valence-electron chi connectivity index (χ0n) is 17.6. The second kappa shape index (κ2) is 8.97. The molecule has 3 heterocycles. The first-order valence-corrected chi connectivity index (χ1v) is 9.87. The van der Waals surface area contributed by atoms with E-state index in [-0.39, 0.29) is 28.9 Å². The van der Waals surface area contributed by atoms with Crippen LogP contribution < -0.4 is 17.0 Å². The molecule has 0 amide bonds. The summed E-state index contributed by atoms with van der Waals surface area (Å²) in [6, 6.07) is 14.8. The molecule has 3 aromatic heterocycles. The van der Waals surface area contributed by atoms with Crippen molar-refractivity contribution in [1.29, 1.82) is 0 Å². The molecule has 1 aromatic carbocycles. The summed E-state index contributed by atoms with van der Waals surface area (Å²) in [5.41, 5.74) is 13.7. The topological polar surface area (TPSA) is 145 Å². The predicted octanol–water partition coefficient (Wildman–Crippen LogP) is 2.35. The van der Waals surface area contributed by atoms with Crippen LogP contribution in [0.4, 0.5) is 16.2 Å². The van der Waals surface area contributed by atoms with E-state index in [0.717, 1.165) is 11.6 Å². The van der Waals surface area contributed by atoms with Gasteiger partial charge in [0.25, 0.3) is 0 Å². The van der Waals surface area contributed by atoms with Gasteiger partial charge in [0.05, 0.1) is 11.3 Å². The van der Waals surface area contributed by atoms with E-state index in [4.69, 9.17) is 11.5 Å². The number of halogens is 1. The number of aryl methyl sites for hydroxylation is 1. The molecule has 1 unspecified atom stereocenters. The fourth-order valence-corrected chi connectivity index (χ4v) is 3.28. The number of hydrogen-bond donors (Lipinski definition) is 3. The second-order valence-corrected chi connectivity index (χ2v) is 7.17. The van der Waals surface area contributed by atoms with Crippen molar-refractivity contribution >= 4 is 17.6 Å². The van der Waals surface area contributed by atoms with Crippen molar-refractivity contribution < 1.29 is 9.50 Å². The fraction of sp³-hybridized carbons (Fsp3) is 0.0870. The molecule has 0 aliphatic carbocycles. The largest absolute Gasteiger partial charge is 0.385 e. The SMILES string of the molecule is Cn1cc(-c2c(N=C(N)C(O)c3ncccc3F)nc(N)nc2-c2ccccc2)ccc1=O. The van der Waals surface area contributed by atoms with Crippen molar-refractivity contribution in [2.24, 2.45) is 17.8 Å². The Morgan fingerprint density at radius 3 is 2.55 bits per heavy atom. The Morgan fingerprint density at radius 2 is 1.85 bits per heavy atom. The molecule has 4 aromatic rings. The summed E-state index contributed by atoms with van der Waals surface area (Å²) >= 11 is 0. The van der Waals surface area contributed by atoms with Crippen LogP contribution in [0, 0.1) is 5.82 Å². The maximum atomic E-state index is 14.1. The van der Waals surface area contributed by atoms with Gasteiger partial charge < -0.3 is 21.1 Å². The molecule has 0 aliphatic rings. The van der Waals surface area contributed by atoms with Gasteiger partial charge in [0.1, 0.15) is 17.3 Å². The number of aliphatic imine (C=N–C) groups is 1. The highest BCUT2D eigenvalue weighted by molar-refractivity contribution is 5.93. The minimum absolute atomic E-state index is 0.0490. The smallest absolute Gasteiger partial charge is 0.250 e. The number of amidine groups is 1. The number of aromatic nitrogens is 4. The maximum Gasteiger partial charge on any atom is 0.250 e. The molecule has 9 nitrogen and oxygen atoms in total. The van der Waals surface area contributed by atoms with Crippen molar-refractivity contribution in [2.45, 2.75) is 6.10 Å². The molecule has 33 heavy (non-hydrogen) atoms. The average Bonchev–Trinajstić information content (AvgIpc) is 2.81. The van der Waals surface area contributed by atoms with E-state index in [1.54, 1.807) is 19.3 Å². The standard InChI is InChI=1S/C23H20FN7O2/c1-31-12-14(9-10-16(31)32)17-18(13-6-3-2-4-7-13)28-23(26)30-22(17)29-21(25)20(33)19-15(24)8-5-11-27-19/h2-12,20,33H,1H3,(H4,25,26,28,29,30). The lowest BCUT2D eigenvalue weighted by Gasteiger charge is -2.15. The highest BCUT2D eigenvalue weighted by Gasteiger charge is 2.22. The molecular weight excluding hydrogens is 425 g/mol. The van der Waals surface area contributed by atoms with E-state index in [9.17, 15) is 14.3 Å². The molecule has 1 atom stereocenters. The Kier molecular flexibility index (Phi) is 5.92. The van der Waals surface area contributed by atoms with E-state index in [1.165, 1.54) is 22.9 Å². The second-order valence-electron chi connectivity index (χ2n) is 7.17. The maximum absolute atomic E-state index is 14.1. The van der Waals surface area contributed by atoms with Gasteiger partial charge in [0.15, 0.2) is 11.9 Å². The quantitative estimate of drug-likeness (QED) is 0.316. The van der Waals surface area contributed by atoms with Gasteiger partial charge in [-0.2, -0.15) is 4.98 Å². The number of nitrogens with zero attached hydrogens (tertiary/aromatic N) is 5. The molecular formula is C23H20FN7O2. The Bertz CT molecular complexity index is 1400. The van der Waals surface area contributed by atoms with Gasteiger partial charge in [-0.25, -0.2) is 14.4 Å². The average molecular weight is 445 g/mol. The van der Waals surface area contributed by atoms with Gasteiger partial charge in [0, 0.05) is 36.6 Å². The number of aliphatic hydroxyl groups excluding tert-OH is 1. The van der Waals surface area contributed by atoms with Crippen LogP contribution in [0.15, 0.2) is 76.8 Å². The molecule has 10 heteroatoms. The number of anilines is 1. The van der Waals surface area contributed by atoms with Crippen LogP contribution in [0.2, 0.25) is 0 Å². The van der Waals surface area contributed by atoms with Crippen molar-refractivity contribution in [1.82, 2.24) is 19.5 Å². The molecule has 4 rings (SSSR count). The zero-order valence-corrected chi connectivity index (χ0v) is 17.6. The van der Waals surface area contributed by atoms with Crippen LogP contribution in [-0.2, 0) is 7.05 Å². The van der Waals surface area contributed by atoms with E-state index < -0.39 is 11.9 Å². The highest BCUT2D eigenvalue weighted by atomic mass is 19.1. The van der Waals surface area contributed by atoms with Crippen LogP contribution in [-0.4, -0.2) is 30.5 Å². The summed E-state index contributed by atoms with van der Waals surface area (Å²) in [6.45, 7) is 0. The van der Waals surface area contributed by atoms with Crippen LogP contribution in [0.3, 0.4) is 0 Å². The van der Waals surface area contributed by atoms with Crippen LogP contribution in [0.25, 0.3) is 22.4 Å². The zero-order chi connectivity index (χ0) is 23.5. The third kappa shape index (κ3) is 4.46. The summed E-state index contributed by atoms with van der Waals surface area (Å²) in [7, 11) is 1.61. The van der Waals surface area contributed by atoms with Gasteiger partial charge in [-0.15, -0.1) is 0 Å². The van der Waals surface area contributed by atoms with Crippen LogP contribution in [0.5, 0.6) is 0 Å². The molecule has 0 saturated heterocycles. The van der Waals surface area contributed by atoms with E-state index in [2.05, 4.69) is 19.9 Å². The lowest BCUT2D eigenvalue weighted by atomic mass is 10.0. The lowest BCUT2D eigenvalue weighted by Crippen LogP contribution is -2.23. The normalized spacial score (nSPS) is 12.5. The number of hydrogen-bond acceptors (Lipinski definition) is 7. The number of nitrogen functional groups attached to an aromatic ring is 1. The molecule has 5 N–H and O–H groups in total. The summed E-state index contributed by atoms with van der Waals surface area (Å²) in [5.74, 6) is -1.09. The molecule has 0 spiro atoms. The first-order valence-electron chi connectivity index (χ1n) is 9.87. The first-order chi connectivity index (χ1) is 15.8. The summed E-state index contributed by atoms with van der Waals surface area (Å²) in [4.78, 5) is 28.7. The number of benzene rings is 1. The van der Waals surface area contributed by atoms with Crippen LogP contribution >= 0.6 is 0 Å². The van der Waals surface area contributed by atoms with Crippen molar-refractivity contribution in [3.05, 3.63) is 88.9 Å². The Morgan fingerprint density at radius 1 is 1.09 bits per heavy atom. The first kappa shape index (κ1) is 21.8. The Balaban J connectivity index is 1.95. The fourth-order valence-electron chi connectivity index (χ4n) is 3.28. The van der Waals surface area contributed by atoms with Gasteiger partial charge in [-0.1, -0.05) is 30.3 Å². The van der Waals surface area contributed by atoms with Crippen LogP contribution in [0.1, 0.15) is 11.8 Å². The Labute approximate surface area is 187 Å². The third-order valence-corrected chi connectivity index (χ3v) is 4.89. The van der Waals surface area contributed by atoms with E-state index >= 15 is 0 Å². The Hall–Kier alpha value is -4.44. The minimum atomic E-state index is -1.62. The lowest BCUT2D eigenvalue weighted by molar-refractivity contribution is 0.234. The monoisotopic (exact) mass is 445 g/mol. The highest BCUT2D eigenvalue weighted by Crippen LogP contribution is 2.37. The molecule has 0 saturated carbocycles. The van der Waals surface area contributed by atoms with Crippen molar-refractivity contribution in [3.8, 4) is 22.4 Å². The van der Waals surface area contributed by atoms with E-state index in [1.807, 2.05) is 30.3 Å². The molecule has 0 bridgehead atoms. The van der Waals surface area contributed by atoms with Gasteiger partial charge in [-0.05, 0) is 18.2 Å². The van der Waals surface area contributed by atoms with Gasteiger partial charge >= 0.3 is 0 Å². The number of aliphatic hydroxyl groups is 1. The molecule has 166 valence electrons. The number of nitrogens with two attached hydrogens (primary N) is 2. The van der Waals surface area contributed by atoms with Gasteiger partial charge in [-0.3, -0.25) is 9.78 Å². The van der Waals surface area contributed by atoms with Gasteiger partial charge in [0.2, 0.25) is 11.5 Å². The summed E-state index contributed by atoms with van der Waals surface area (Å²) < 4.78 is 15.5. The minimum Gasteiger partial charge on any atom is -0.385 e. The predicted molar refractivity (Wildman–Crippen MR) is 123 cm³/mol. The molecule has 0 fully saturated rings. The third-order valence-electron chi connectivity index (χ3n) is 4.89. The number of pyridine rings is 2. The molecule has 0 aliphatic heterocycles. The number of rotatable bonds is 5. The van der Waals surface area contributed by atoms with Crippen molar-refractivity contribution in [3.63, 3.8) is 0 Å². The summed E-state index contributed by atoms with van der Waals surface area (Å²) in [6.07, 6.45) is 1.32. The van der Waals surface area contributed by atoms with Crippen molar-refractivity contribution in [2.75, 3.05) is 5.73 Å². The summed E-state index contributed by atoms with van der Waals surface area (Å²) in [5, 5.41) is 10.6. The molecule has 0 radical (unpaired) electrons.